The number of alkyl halides is 2. The van der Waals surface area contributed by atoms with Crippen LogP contribution in [0.3, 0.4) is 0 Å². The molecule has 2 amide bonds. The third-order valence-electron chi connectivity index (χ3n) is 4.31. The molecule has 1 aromatic rings. The lowest BCUT2D eigenvalue weighted by Crippen LogP contribution is -2.47. The number of urea groups is 1. The molecule has 1 aliphatic carbocycles. The number of phenolic OH excluding ortho intramolecular Hbond substituents is 1. The molecule has 0 spiro atoms. The van der Waals surface area contributed by atoms with Gasteiger partial charge >= 0.3 is 6.03 Å². The first kappa shape index (κ1) is 16.0. The van der Waals surface area contributed by atoms with E-state index in [0.717, 1.165) is 35.3 Å². The number of nitrogens with zero attached hydrogens (tertiary/aromatic N) is 1. The van der Waals surface area contributed by atoms with Gasteiger partial charge in [0.2, 0.25) is 0 Å². The number of amides is 2. The second-order valence-corrected chi connectivity index (χ2v) is 6.07. The summed E-state index contributed by atoms with van der Waals surface area (Å²) in [6.45, 7) is -1.05. The van der Waals surface area contributed by atoms with E-state index in [1.54, 1.807) is 12.1 Å². The first-order valence-electron chi connectivity index (χ1n) is 7.78. The molecule has 3 rings (SSSR count). The van der Waals surface area contributed by atoms with E-state index >= 15 is 0 Å². The lowest BCUT2D eigenvalue weighted by Gasteiger charge is -2.30. The maximum absolute atomic E-state index is 13.6. The van der Waals surface area contributed by atoms with Gasteiger partial charge in [0.05, 0.1) is 19.2 Å². The predicted molar refractivity (Wildman–Crippen MR) is 79.7 cm³/mol. The fraction of sp³-hybridized carbons (Fsp3) is 0.562. The van der Waals surface area contributed by atoms with Crippen LogP contribution in [0.25, 0.3) is 0 Å². The van der Waals surface area contributed by atoms with Crippen molar-refractivity contribution >= 4 is 6.03 Å². The second-order valence-electron chi connectivity index (χ2n) is 6.07. The van der Waals surface area contributed by atoms with Crippen molar-refractivity contribution in [1.82, 2.24) is 10.2 Å². The monoisotopic (exact) mass is 326 g/mol. The van der Waals surface area contributed by atoms with E-state index in [2.05, 4.69) is 5.32 Å². The number of halogens is 2. The molecule has 1 fully saturated rings. The van der Waals surface area contributed by atoms with Gasteiger partial charge in [-0.15, -0.1) is 0 Å². The number of carbonyl (C=O) groups is 1. The third kappa shape index (κ3) is 3.55. The summed E-state index contributed by atoms with van der Waals surface area (Å²) >= 11 is 0. The molecule has 1 atom stereocenters. The van der Waals surface area contributed by atoms with Crippen LogP contribution < -0.4 is 5.32 Å². The molecule has 1 aromatic carbocycles. The van der Waals surface area contributed by atoms with Gasteiger partial charge in [0, 0.05) is 6.54 Å². The van der Waals surface area contributed by atoms with E-state index in [1.807, 2.05) is 6.07 Å². The highest BCUT2D eigenvalue weighted by Crippen LogP contribution is 2.34. The number of benzene rings is 1. The SMILES string of the molecule is O=C(NC1CCCc2c(O)cccc21)N1CCOCC(F)(F)C1. The Morgan fingerprint density at radius 1 is 1.43 bits per heavy atom. The van der Waals surface area contributed by atoms with Gasteiger partial charge in [-0.2, -0.15) is 0 Å². The summed E-state index contributed by atoms with van der Waals surface area (Å²) in [7, 11) is 0. The van der Waals surface area contributed by atoms with E-state index in [9.17, 15) is 18.7 Å². The van der Waals surface area contributed by atoms with E-state index < -0.39 is 25.1 Å². The van der Waals surface area contributed by atoms with Crippen molar-refractivity contribution in [2.24, 2.45) is 0 Å². The van der Waals surface area contributed by atoms with Crippen LogP contribution in [0, 0.1) is 0 Å². The Bertz CT molecular complexity index is 595. The Morgan fingerprint density at radius 3 is 3.09 bits per heavy atom. The molecule has 1 unspecified atom stereocenters. The number of fused-ring (bicyclic) bond motifs is 1. The van der Waals surface area contributed by atoms with Crippen LogP contribution in [0.15, 0.2) is 18.2 Å². The van der Waals surface area contributed by atoms with Crippen LogP contribution in [0.5, 0.6) is 5.75 Å². The summed E-state index contributed by atoms with van der Waals surface area (Å²) in [6, 6.07) is 4.43. The molecule has 0 aromatic heterocycles. The molecule has 1 heterocycles. The molecule has 0 bridgehead atoms. The van der Waals surface area contributed by atoms with Crippen LogP contribution in [0.2, 0.25) is 0 Å². The highest BCUT2D eigenvalue weighted by molar-refractivity contribution is 5.75. The summed E-state index contributed by atoms with van der Waals surface area (Å²) in [5.74, 6) is -2.81. The Balaban J connectivity index is 1.73. The first-order valence-corrected chi connectivity index (χ1v) is 7.78. The van der Waals surface area contributed by atoms with Gasteiger partial charge in [0.15, 0.2) is 0 Å². The van der Waals surface area contributed by atoms with Gasteiger partial charge in [-0.25, -0.2) is 13.6 Å². The third-order valence-corrected chi connectivity index (χ3v) is 4.31. The standard InChI is InChI=1S/C16H20F2N2O3/c17-16(18)9-20(7-8-23-10-16)15(22)19-13-5-1-4-12-11(13)3-2-6-14(12)21/h2-3,6,13,21H,1,4-5,7-10H2,(H,19,22). The van der Waals surface area contributed by atoms with Gasteiger partial charge in [0.1, 0.15) is 12.4 Å². The lowest BCUT2D eigenvalue weighted by atomic mass is 9.87. The number of ether oxygens (including phenoxy) is 1. The van der Waals surface area contributed by atoms with Gasteiger partial charge in [0.25, 0.3) is 5.92 Å². The fourth-order valence-electron chi connectivity index (χ4n) is 3.19. The molecule has 2 N–H and O–H groups in total. The Labute approximate surface area is 133 Å². The van der Waals surface area contributed by atoms with Crippen molar-refractivity contribution in [3.8, 4) is 5.75 Å². The number of rotatable bonds is 1. The van der Waals surface area contributed by atoms with Crippen LogP contribution in [-0.2, 0) is 11.2 Å². The average Bonchev–Trinajstić information content (AvgIpc) is 2.69. The molecule has 5 nitrogen and oxygen atoms in total. The maximum Gasteiger partial charge on any atom is 0.318 e. The minimum atomic E-state index is -3.03. The number of aromatic hydroxyl groups is 1. The summed E-state index contributed by atoms with van der Waals surface area (Å²) in [4.78, 5) is 13.5. The van der Waals surface area contributed by atoms with Crippen molar-refractivity contribution in [2.75, 3.05) is 26.3 Å². The largest absolute Gasteiger partial charge is 0.508 e. The lowest BCUT2D eigenvalue weighted by molar-refractivity contribution is -0.0652. The van der Waals surface area contributed by atoms with Crippen molar-refractivity contribution in [2.45, 2.75) is 31.2 Å². The number of carbonyl (C=O) groups excluding carboxylic acids is 1. The Kier molecular flexibility index (Phi) is 4.39. The van der Waals surface area contributed by atoms with Gasteiger partial charge in [-0.05, 0) is 36.5 Å². The molecule has 0 saturated carbocycles. The quantitative estimate of drug-likeness (QED) is 0.833. The maximum atomic E-state index is 13.6. The smallest absolute Gasteiger partial charge is 0.318 e. The first-order chi connectivity index (χ1) is 11.0. The predicted octanol–water partition coefficient (Wildman–Crippen LogP) is 2.45. The molecule has 2 aliphatic rings. The zero-order valence-electron chi connectivity index (χ0n) is 12.7. The van der Waals surface area contributed by atoms with E-state index in [-0.39, 0.29) is 24.9 Å². The molecule has 23 heavy (non-hydrogen) atoms. The molecule has 7 heteroatoms. The normalized spacial score (nSPS) is 23.7. The summed E-state index contributed by atoms with van der Waals surface area (Å²) < 4.78 is 32.0. The minimum Gasteiger partial charge on any atom is -0.508 e. The number of hydrogen-bond donors (Lipinski definition) is 2. The fourth-order valence-corrected chi connectivity index (χ4v) is 3.19. The Morgan fingerprint density at radius 2 is 2.26 bits per heavy atom. The summed E-state index contributed by atoms with van der Waals surface area (Å²) in [6.07, 6.45) is 2.31. The van der Waals surface area contributed by atoms with Gasteiger partial charge in [-0.3, -0.25) is 0 Å². The molecule has 1 saturated heterocycles. The molecule has 126 valence electrons. The number of hydrogen-bond acceptors (Lipinski definition) is 3. The zero-order chi connectivity index (χ0) is 16.4. The highest BCUT2D eigenvalue weighted by Gasteiger charge is 2.37. The average molecular weight is 326 g/mol. The molecule has 1 aliphatic heterocycles. The number of phenols is 1. The van der Waals surface area contributed by atoms with E-state index in [0.29, 0.717) is 0 Å². The number of nitrogens with one attached hydrogen (secondary N) is 1. The van der Waals surface area contributed by atoms with Crippen LogP contribution in [0.4, 0.5) is 13.6 Å². The van der Waals surface area contributed by atoms with Crippen molar-refractivity contribution in [1.29, 1.82) is 0 Å². The van der Waals surface area contributed by atoms with E-state index in [4.69, 9.17) is 4.74 Å². The van der Waals surface area contributed by atoms with Gasteiger partial charge in [-0.1, -0.05) is 12.1 Å². The second kappa shape index (κ2) is 6.31. The van der Waals surface area contributed by atoms with Crippen molar-refractivity contribution in [3.05, 3.63) is 29.3 Å². The zero-order valence-corrected chi connectivity index (χ0v) is 12.7. The highest BCUT2D eigenvalue weighted by atomic mass is 19.3. The van der Waals surface area contributed by atoms with Crippen LogP contribution >= 0.6 is 0 Å². The topological polar surface area (TPSA) is 61.8 Å². The van der Waals surface area contributed by atoms with Crippen molar-refractivity contribution < 1.29 is 23.4 Å². The van der Waals surface area contributed by atoms with E-state index in [1.165, 1.54) is 0 Å². The molecular formula is C16H20F2N2O3. The van der Waals surface area contributed by atoms with Crippen LogP contribution in [-0.4, -0.2) is 48.3 Å². The molecular weight excluding hydrogens is 306 g/mol. The summed E-state index contributed by atoms with van der Waals surface area (Å²) in [5, 5.41) is 12.7. The Hall–Kier alpha value is -1.89. The van der Waals surface area contributed by atoms with Gasteiger partial charge < -0.3 is 20.1 Å². The van der Waals surface area contributed by atoms with Crippen LogP contribution in [0.1, 0.15) is 30.0 Å². The van der Waals surface area contributed by atoms with Crippen molar-refractivity contribution in [3.63, 3.8) is 0 Å². The summed E-state index contributed by atoms with van der Waals surface area (Å²) in [5.41, 5.74) is 1.69. The molecule has 0 radical (unpaired) electrons. The minimum absolute atomic E-state index is 0.102.